The lowest BCUT2D eigenvalue weighted by atomic mass is 10.2. The first-order valence-corrected chi connectivity index (χ1v) is 6.05. The SMILES string of the molecule is CCOC(=O)c1cc(OCC)nc(OC(C)C)c1. The lowest BCUT2D eigenvalue weighted by Crippen LogP contribution is -2.10. The second-order valence-corrected chi connectivity index (χ2v) is 3.85. The van der Waals surface area contributed by atoms with E-state index in [1.54, 1.807) is 19.1 Å². The average Bonchev–Trinajstić information content (AvgIpc) is 2.28. The monoisotopic (exact) mass is 253 g/mol. The van der Waals surface area contributed by atoms with Crippen molar-refractivity contribution in [2.75, 3.05) is 13.2 Å². The first-order chi connectivity index (χ1) is 8.56. The van der Waals surface area contributed by atoms with E-state index in [-0.39, 0.29) is 6.10 Å². The molecule has 0 aliphatic heterocycles. The quantitative estimate of drug-likeness (QED) is 0.729. The van der Waals surface area contributed by atoms with Crippen LogP contribution in [0.3, 0.4) is 0 Å². The maximum Gasteiger partial charge on any atom is 0.338 e. The molecule has 1 heterocycles. The molecule has 0 radical (unpaired) electrons. The van der Waals surface area contributed by atoms with E-state index in [1.807, 2.05) is 20.8 Å². The molecule has 0 saturated carbocycles. The predicted molar refractivity (Wildman–Crippen MR) is 67.1 cm³/mol. The third-order valence-electron chi connectivity index (χ3n) is 1.94. The van der Waals surface area contributed by atoms with Crippen molar-refractivity contribution in [2.45, 2.75) is 33.8 Å². The minimum atomic E-state index is -0.408. The lowest BCUT2D eigenvalue weighted by molar-refractivity contribution is 0.0524. The first-order valence-electron chi connectivity index (χ1n) is 6.05. The Balaban J connectivity index is 3.01. The maximum atomic E-state index is 11.7. The van der Waals surface area contributed by atoms with Crippen LogP contribution < -0.4 is 9.47 Å². The largest absolute Gasteiger partial charge is 0.478 e. The van der Waals surface area contributed by atoms with Crippen LogP contribution in [0.25, 0.3) is 0 Å². The summed E-state index contributed by atoms with van der Waals surface area (Å²) in [6, 6.07) is 3.11. The summed E-state index contributed by atoms with van der Waals surface area (Å²) >= 11 is 0. The van der Waals surface area contributed by atoms with Crippen LogP contribution in [0.2, 0.25) is 0 Å². The standard InChI is InChI=1S/C13H19NO4/c1-5-16-11-7-10(13(15)17-6-2)8-12(14-11)18-9(3)4/h7-9H,5-6H2,1-4H3. The molecule has 0 aliphatic rings. The summed E-state index contributed by atoms with van der Waals surface area (Å²) in [5.41, 5.74) is 0.381. The molecule has 0 saturated heterocycles. The Hall–Kier alpha value is -1.78. The number of ether oxygens (including phenoxy) is 3. The van der Waals surface area contributed by atoms with Gasteiger partial charge in [-0.1, -0.05) is 0 Å². The third kappa shape index (κ3) is 4.24. The van der Waals surface area contributed by atoms with Crippen molar-refractivity contribution in [2.24, 2.45) is 0 Å². The zero-order chi connectivity index (χ0) is 13.5. The van der Waals surface area contributed by atoms with Gasteiger partial charge < -0.3 is 14.2 Å². The number of esters is 1. The van der Waals surface area contributed by atoms with E-state index in [2.05, 4.69) is 4.98 Å². The number of carbonyl (C=O) groups excluding carboxylic acids is 1. The number of pyridine rings is 1. The molecule has 0 amide bonds. The van der Waals surface area contributed by atoms with Crippen LogP contribution in [0.1, 0.15) is 38.1 Å². The number of aromatic nitrogens is 1. The molecule has 18 heavy (non-hydrogen) atoms. The summed E-state index contributed by atoms with van der Waals surface area (Å²) < 4.78 is 15.7. The van der Waals surface area contributed by atoms with Gasteiger partial charge in [0.2, 0.25) is 11.8 Å². The normalized spacial score (nSPS) is 10.3. The van der Waals surface area contributed by atoms with Gasteiger partial charge in [0.15, 0.2) is 0 Å². The average molecular weight is 253 g/mol. The molecule has 1 rings (SSSR count). The van der Waals surface area contributed by atoms with Crippen molar-refractivity contribution in [3.63, 3.8) is 0 Å². The molecular weight excluding hydrogens is 234 g/mol. The Bertz CT molecular complexity index is 404. The van der Waals surface area contributed by atoms with Crippen LogP contribution in [-0.4, -0.2) is 30.3 Å². The van der Waals surface area contributed by atoms with Gasteiger partial charge in [-0.05, 0) is 27.7 Å². The minimum Gasteiger partial charge on any atom is -0.478 e. The molecule has 0 fully saturated rings. The second-order valence-electron chi connectivity index (χ2n) is 3.85. The first kappa shape index (κ1) is 14.3. The van der Waals surface area contributed by atoms with Crippen molar-refractivity contribution >= 4 is 5.97 Å². The third-order valence-corrected chi connectivity index (χ3v) is 1.94. The van der Waals surface area contributed by atoms with Gasteiger partial charge in [0, 0.05) is 12.1 Å². The highest BCUT2D eigenvalue weighted by Gasteiger charge is 2.13. The molecule has 1 aromatic heterocycles. The summed E-state index contributed by atoms with van der Waals surface area (Å²) in [6.07, 6.45) is -0.0237. The van der Waals surface area contributed by atoms with E-state index >= 15 is 0 Å². The topological polar surface area (TPSA) is 57.7 Å². The Morgan fingerprint density at radius 2 is 1.89 bits per heavy atom. The Morgan fingerprint density at radius 3 is 2.44 bits per heavy atom. The molecule has 100 valence electrons. The molecule has 0 aromatic carbocycles. The lowest BCUT2D eigenvalue weighted by Gasteiger charge is -2.12. The van der Waals surface area contributed by atoms with Gasteiger partial charge in [-0.25, -0.2) is 4.79 Å². The van der Waals surface area contributed by atoms with Crippen LogP contribution in [0.5, 0.6) is 11.8 Å². The van der Waals surface area contributed by atoms with E-state index in [4.69, 9.17) is 14.2 Å². The summed E-state index contributed by atoms with van der Waals surface area (Å²) in [4.78, 5) is 15.8. The van der Waals surface area contributed by atoms with Gasteiger partial charge in [-0.3, -0.25) is 0 Å². The van der Waals surface area contributed by atoms with Gasteiger partial charge in [-0.15, -0.1) is 0 Å². The Kier molecular flexibility index (Phi) is 5.42. The number of carbonyl (C=O) groups is 1. The fraction of sp³-hybridized carbons (Fsp3) is 0.538. The maximum absolute atomic E-state index is 11.7. The van der Waals surface area contributed by atoms with E-state index in [0.717, 1.165) is 0 Å². The van der Waals surface area contributed by atoms with Gasteiger partial charge in [0.05, 0.1) is 24.9 Å². The van der Waals surface area contributed by atoms with Crippen LogP contribution in [0.15, 0.2) is 12.1 Å². The van der Waals surface area contributed by atoms with E-state index in [9.17, 15) is 4.79 Å². The zero-order valence-electron chi connectivity index (χ0n) is 11.2. The van der Waals surface area contributed by atoms with Gasteiger partial charge in [0.25, 0.3) is 0 Å². The highest BCUT2D eigenvalue weighted by molar-refractivity contribution is 5.90. The van der Waals surface area contributed by atoms with Crippen LogP contribution in [0, 0.1) is 0 Å². The number of hydrogen-bond donors (Lipinski definition) is 0. The molecular formula is C13H19NO4. The molecule has 0 bridgehead atoms. The van der Waals surface area contributed by atoms with Crippen molar-refractivity contribution in [3.8, 4) is 11.8 Å². The predicted octanol–water partition coefficient (Wildman–Crippen LogP) is 2.44. The molecule has 0 spiro atoms. The van der Waals surface area contributed by atoms with Crippen LogP contribution >= 0.6 is 0 Å². The summed E-state index contributed by atoms with van der Waals surface area (Å²) in [6.45, 7) is 8.18. The molecule has 0 aliphatic carbocycles. The molecule has 0 atom stereocenters. The van der Waals surface area contributed by atoms with Crippen molar-refractivity contribution in [3.05, 3.63) is 17.7 Å². The van der Waals surface area contributed by atoms with Crippen molar-refractivity contribution in [1.82, 2.24) is 4.98 Å². The van der Waals surface area contributed by atoms with E-state index in [0.29, 0.717) is 30.5 Å². The van der Waals surface area contributed by atoms with Crippen molar-refractivity contribution < 1.29 is 19.0 Å². The fourth-order valence-corrected chi connectivity index (χ4v) is 1.34. The Labute approximate surface area is 107 Å². The molecule has 5 heteroatoms. The summed E-state index contributed by atoms with van der Waals surface area (Å²) in [5, 5.41) is 0. The highest BCUT2D eigenvalue weighted by atomic mass is 16.5. The van der Waals surface area contributed by atoms with Gasteiger partial charge >= 0.3 is 5.97 Å². The smallest absolute Gasteiger partial charge is 0.338 e. The van der Waals surface area contributed by atoms with Gasteiger partial charge in [-0.2, -0.15) is 4.98 Å². The zero-order valence-corrected chi connectivity index (χ0v) is 11.2. The van der Waals surface area contributed by atoms with Crippen LogP contribution in [-0.2, 0) is 4.74 Å². The number of nitrogens with zero attached hydrogens (tertiary/aromatic N) is 1. The number of rotatable bonds is 6. The summed E-state index contributed by atoms with van der Waals surface area (Å²) in [5.74, 6) is 0.312. The van der Waals surface area contributed by atoms with Crippen LogP contribution in [0.4, 0.5) is 0 Å². The highest BCUT2D eigenvalue weighted by Crippen LogP contribution is 2.19. The molecule has 0 N–H and O–H groups in total. The Morgan fingerprint density at radius 1 is 1.22 bits per heavy atom. The molecule has 5 nitrogen and oxygen atoms in total. The van der Waals surface area contributed by atoms with Crippen molar-refractivity contribution in [1.29, 1.82) is 0 Å². The fourth-order valence-electron chi connectivity index (χ4n) is 1.34. The van der Waals surface area contributed by atoms with Gasteiger partial charge in [0.1, 0.15) is 0 Å². The molecule has 0 unspecified atom stereocenters. The second kappa shape index (κ2) is 6.83. The van der Waals surface area contributed by atoms with E-state index in [1.165, 1.54) is 0 Å². The molecule has 1 aromatic rings. The summed E-state index contributed by atoms with van der Waals surface area (Å²) in [7, 11) is 0. The number of hydrogen-bond acceptors (Lipinski definition) is 5. The van der Waals surface area contributed by atoms with E-state index < -0.39 is 5.97 Å². The minimum absolute atomic E-state index is 0.0237.